The zero-order valence-electron chi connectivity index (χ0n) is 15.2. The van der Waals surface area contributed by atoms with E-state index in [1.807, 2.05) is 12.1 Å². The first-order valence-electron chi connectivity index (χ1n) is 9.03. The van der Waals surface area contributed by atoms with E-state index in [1.165, 1.54) is 6.92 Å². The van der Waals surface area contributed by atoms with Gasteiger partial charge in [-0.2, -0.15) is 4.31 Å². The van der Waals surface area contributed by atoms with Crippen molar-refractivity contribution in [2.24, 2.45) is 0 Å². The molecule has 7 heteroatoms. The zero-order valence-corrected chi connectivity index (χ0v) is 16.8. The van der Waals surface area contributed by atoms with Crippen LogP contribution in [-0.2, 0) is 14.8 Å². The van der Waals surface area contributed by atoms with Crippen molar-refractivity contribution in [3.05, 3.63) is 59.1 Å². The molecule has 1 saturated heterocycles. The van der Waals surface area contributed by atoms with Crippen molar-refractivity contribution >= 4 is 33.2 Å². The molecule has 27 heavy (non-hydrogen) atoms. The summed E-state index contributed by atoms with van der Waals surface area (Å²) in [4.78, 5) is 11.4. The quantitative estimate of drug-likeness (QED) is 0.806. The Bertz CT molecular complexity index is 896. The number of rotatable bonds is 4. The highest BCUT2D eigenvalue weighted by molar-refractivity contribution is 7.89. The average Bonchev–Trinajstić information content (AvgIpc) is 2.89. The first kappa shape index (κ1) is 19.9. The number of carbonyl (C=O) groups excluding carboxylic acids is 1. The van der Waals surface area contributed by atoms with Crippen molar-refractivity contribution in [2.75, 3.05) is 11.9 Å². The topological polar surface area (TPSA) is 66.5 Å². The Balaban J connectivity index is 1.93. The van der Waals surface area contributed by atoms with Crippen LogP contribution in [0.2, 0.25) is 5.02 Å². The Morgan fingerprint density at radius 1 is 1.04 bits per heavy atom. The number of hydrogen-bond acceptors (Lipinski definition) is 3. The van der Waals surface area contributed by atoms with Crippen molar-refractivity contribution in [1.29, 1.82) is 0 Å². The molecule has 0 bridgehead atoms. The fourth-order valence-corrected chi connectivity index (χ4v) is 5.24. The lowest BCUT2D eigenvalue weighted by atomic mass is 10.0. The first-order chi connectivity index (χ1) is 12.9. The molecule has 0 spiro atoms. The predicted octanol–water partition coefficient (Wildman–Crippen LogP) is 4.60. The fourth-order valence-electron chi connectivity index (χ4n) is 3.44. The van der Waals surface area contributed by atoms with Crippen LogP contribution in [-0.4, -0.2) is 25.2 Å². The number of benzene rings is 2. The van der Waals surface area contributed by atoms with Gasteiger partial charge in [0.15, 0.2) is 0 Å². The standard InChI is InChI=1S/C20H23ClN2O3S/c1-15(24)22-18-10-12-19(13-11-18)27(25,26)23-14-4-2-3-5-20(23)16-6-8-17(21)9-7-16/h6-13,20H,2-5,14H2,1H3,(H,22,24). The molecule has 0 saturated carbocycles. The monoisotopic (exact) mass is 406 g/mol. The SMILES string of the molecule is CC(=O)Nc1ccc(S(=O)(=O)N2CCCCCC2c2ccc(Cl)cc2)cc1. The minimum atomic E-state index is -3.65. The molecule has 1 aliphatic heterocycles. The molecule has 5 nitrogen and oxygen atoms in total. The molecule has 3 rings (SSSR count). The van der Waals surface area contributed by atoms with Crippen LogP contribution in [0.1, 0.15) is 44.2 Å². The second-order valence-electron chi connectivity index (χ2n) is 6.74. The highest BCUT2D eigenvalue weighted by Crippen LogP contribution is 2.35. The molecule has 1 fully saturated rings. The Kier molecular flexibility index (Phi) is 6.19. The molecular formula is C20H23ClN2O3S. The molecule has 2 aromatic carbocycles. The summed E-state index contributed by atoms with van der Waals surface area (Å²) in [5, 5.41) is 3.29. The van der Waals surface area contributed by atoms with Crippen LogP contribution in [0.5, 0.6) is 0 Å². The molecule has 2 aromatic rings. The maximum Gasteiger partial charge on any atom is 0.243 e. The molecule has 0 aromatic heterocycles. The number of carbonyl (C=O) groups is 1. The van der Waals surface area contributed by atoms with Crippen LogP contribution in [0, 0.1) is 0 Å². The number of nitrogens with one attached hydrogen (secondary N) is 1. The molecule has 144 valence electrons. The van der Waals surface area contributed by atoms with Crippen LogP contribution >= 0.6 is 11.6 Å². The van der Waals surface area contributed by atoms with E-state index in [2.05, 4.69) is 5.32 Å². The summed E-state index contributed by atoms with van der Waals surface area (Å²) in [6.45, 7) is 1.90. The first-order valence-corrected chi connectivity index (χ1v) is 10.8. The van der Waals surface area contributed by atoms with Gasteiger partial charge in [-0.05, 0) is 54.8 Å². The highest BCUT2D eigenvalue weighted by atomic mass is 35.5. The van der Waals surface area contributed by atoms with Gasteiger partial charge < -0.3 is 5.32 Å². The molecule has 1 N–H and O–H groups in total. The lowest BCUT2D eigenvalue weighted by Crippen LogP contribution is -2.34. The summed E-state index contributed by atoms with van der Waals surface area (Å²) >= 11 is 5.99. The van der Waals surface area contributed by atoms with E-state index in [1.54, 1.807) is 40.7 Å². The minimum absolute atomic E-state index is 0.194. The molecule has 1 heterocycles. The highest BCUT2D eigenvalue weighted by Gasteiger charge is 2.33. The van der Waals surface area contributed by atoms with Crippen molar-refractivity contribution in [3.8, 4) is 0 Å². The largest absolute Gasteiger partial charge is 0.326 e. The Morgan fingerprint density at radius 2 is 1.70 bits per heavy atom. The zero-order chi connectivity index (χ0) is 19.4. The number of halogens is 1. The molecule has 1 unspecified atom stereocenters. The Hall–Kier alpha value is -1.89. The van der Waals surface area contributed by atoms with Gasteiger partial charge in [-0.1, -0.05) is 36.6 Å². The van der Waals surface area contributed by atoms with Gasteiger partial charge in [0.05, 0.1) is 10.9 Å². The number of sulfonamides is 1. The molecule has 1 amide bonds. The molecule has 0 radical (unpaired) electrons. The lowest BCUT2D eigenvalue weighted by molar-refractivity contribution is -0.114. The van der Waals surface area contributed by atoms with E-state index in [0.717, 1.165) is 31.2 Å². The van der Waals surface area contributed by atoms with Crippen LogP contribution in [0.4, 0.5) is 5.69 Å². The van der Waals surface area contributed by atoms with Gasteiger partial charge in [-0.15, -0.1) is 0 Å². The average molecular weight is 407 g/mol. The molecule has 1 atom stereocenters. The fraction of sp³-hybridized carbons (Fsp3) is 0.350. The van der Waals surface area contributed by atoms with Crippen LogP contribution in [0.25, 0.3) is 0 Å². The summed E-state index contributed by atoms with van der Waals surface area (Å²) in [7, 11) is -3.65. The smallest absolute Gasteiger partial charge is 0.243 e. The van der Waals surface area contributed by atoms with Crippen LogP contribution in [0.15, 0.2) is 53.4 Å². The second kappa shape index (κ2) is 8.42. The molecular weight excluding hydrogens is 384 g/mol. The van der Waals surface area contributed by atoms with Crippen molar-refractivity contribution in [1.82, 2.24) is 4.31 Å². The van der Waals surface area contributed by atoms with E-state index in [9.17, 15) is 13.2 Å². The van der Waals surface area contributed by atoms with Crippen molar-refractivity contribution in [3.63, 3.8) is 0 Å². The second-order valence-corrected chi connectivity index (χ2v) is 9.06. The molecule has 1 aliphatic rings. The van der Waals surface area contributed by atoms with E-state index < -0.39 is 10.0 Å². The third-order valence-corrected chi connectivity index (χ3v) is 6.91. The number of amides is 1. The Labute approximate surface area is 165 Å². The van der Waals surface area contributed by atoms with E-state index in [0.29, 0.717) is 17.3 Å². The van der Waals surface area contributed by atoms with Gasteiger partial charge in [0, 0.05) is 24.2 Å². The minimum Gasteiger partial charge on any atom is -0.326 e. The van der Waals surface area contributed by atoms with Gasteiger partial charge in [-0.25, -0.2) is 8.42 Å². The Morgan fingerprint density at radius 3 is 2.33 bits per heavy atom. The van der Waals surface area contributed by atoms with Gasteiger partial charge in [0.25, 0.3) is 0 Å². The maximum absolute atomic E-state index is 13.3. The van der Waals surface area contributed by atoms with Crippen LogP contribution < -0.4 is 5.32 Å². The summed E-state index contributed by atoms with van der Waals surface area (Å²) < 4.78 is 28.3. The normalized spacial score (nSPS) is 18.7. The summed E-state index contributed by atoms with van der Waals surface area (Å²) in [6, 6.07) is 13.5. The van der Waals surface area contributed by atoms with Crippen molar-refractivity contribution < 1.29 is 13.2 Å². The lowest BCUT2D eigenvalue weighted by Gasteiger charge is -2.29. The number of nitrogens with zero attached hydrogens (tertiary/aromatic N) is 1. The third-order valence-electron chi connectivity index (χ3n) is 4.74. The number of anilines is 1. The van der Waals surface area contributed by atoms with Gasteiger partial charge in [0.2, 0.25) is 15.9 Å². The summed E-state index contributed by atoms with van der Waals surface area (Å²) in [5.41, 5.74) is 1.53. The predicted molar refractivity (Wildman–Crippen MR) is 107 cm³/mol. The van der Waals surface area contributed by atoms with E-state index in [-0.39, 0.29) is 16.8 Å². The maximum atomic E-state index is 13.3. The van der Waals surface area contributed by atoms with Crippen molar-refractivity contribution in [2.45, 2.75) is 43.5 Å². The molecule has 0 aliphatic carbocycles. The summed E-state index contributed by atoms with van der Waals surface area (Å²) in [6.07, 6.45) is 3.62. The van der Waals surface area contributed by atoms with E-state index in [4.69, 9.17) is 11.6 Å². The van der Waals surface area contributed by atoms with Gasteiger partial charge in [0.1, 0.15) is 0 Å². The van der Waals surface area contributed by atoms with Gasteiger partial charge >= 0.3 is 0 Å². The van der Waals surface area contributed by atoms with Crippen LogP contribution in [0.3, 0.4) is 0 Å². The number of hydrogen-bond donors (Lipinski definition) is 1. The summed E-state index contributed by atoms with van der Waals surface area (Å²) in [5.74, 6) is -0.194. The van der Waals surface area contributed by atoms with Gasteiger partial charge in [-0.3, -0.25) is 4.79 Å². The third kappa shape index (κ3) is 4.69. The van der Waals surface area contributed by atoms with E-state index >= 15 is 0 Å².